The molecule has 102 valence electrons. The van der Waals surface area contributed by atoms with Crippen LogP contribution in [0.25, 0.3) is 0 Å². The van der Waals surface area contributed by atoms with Crippen LogP contribution in [0.3, 0.4) is 0 Å². The molecule has 1 aromatic rings. The summed E-state index contributed by atoms with van der Waals surface area (Å²) in [4.78, 5) is 1.12. The molecule has 3 N–H and O–H groups in total. The second-order valence-corrected chi connectivity index (χ2v) is 4.66. The van der Waals surface area contributed by atoms with Crippen molar-refractivity contribution < 1.29 is 18.3 Å². The zero-order chi connectivity index (χ0) is 13.8. The fourth-order valence-corrected chi connectivity index (χ4v) is 1.96. The Labute approximate surface area is 112 Å². The van der Waals surface area contributed by atoms with Crippen molar-refractivity contribution in [3.63, 3.8) is 0 Å². The van der Waals surface area contributed by atoms with Crippen LogP contribution in [0.1, 0.15) is 5.56 Å². The van der Waals surface area contributed by atoms with E-state index in [0.717, 1.165) is 4.90 Å². The predicted molar refractivity (Wildman–Crippen MR) is 67.0 cm³/mol. The minimum Gasteiger partial charge on any atom is -0.398 e. The van der Waals surface area contributed by atoms with Gasteiger partial charge in [0.2, 0.25) is 0 Å². The van der Waals surface area contributed by atoms with Crippen LogP contribution in [0.5, 0.6) is 0 Å². The number of alkyl halides is 3. The Kier molecular flexibility index (Phi) is 5.43. The number of hydrogen-bond acceptors (Lipinski definition) is 3. The van der Waals surface area contributed by atoms with Crippen molar-refractivity contribution in [1.82, 2.24) is 4.90 Å². The number of anilines is 1. The molecule has 0 fully saturated rings. The lowest BCUT2D eigenvalue weighted by Gasteiger charge is -2.23. The molecular weight excluding hydrogens is 313 g/mol. The lowest BCUT2D eigenvalue weighted by Crippen LogP contribution is -2.35. The molecule has 0 aliphatic heterocycles. The van der Waals surface area contributed by atoms with Crippen LogP contribution in [0, 0.1) is 0 Å². The molecule has 0 unspecified atom stereocenters. The van der Waals surface area contributed by atoms with E-state index in [1.807, 2.05) is 0 Å². The molecule has 7 heteroatoms. The Hall–Kier alpha value is -0.790. The maximum absolute atomic E-state index is 12.4. The highest BCUT2D eigenvalue weighted by Gasteiger charge is 2.30. The van der Waals surface area contributed by atoms with Crippen LogP contribution < -0.4 is 5.73 Å². The average Bonchev–Trinajstić information content (AvgIpc) is 2.23. The van der Waals surface area contributed by atoms with Crippen LogP contribution >= 0.6 is 15.9 Å². The summed E-state index contributed by atoms with van der Waals surface area (Å²) in [5.74, 6) is 0. The molecule has 0 spiro atoms. The van der Waals surface area contributed by atoms with Crippen LogP contribution in [0.15, 0.2) is 22.7 Å². The quantitative estimate of drug-likeness (QED) is 0.817. The van der Waals surface area contributed by atoms with Crippen LogP contribution in [0.2, 0.25) is 0 Å². The third-order valence-electron chi connectivity index (χ3n) is 2.32. The van der Waals surface area contributed by atoms with Crippen molar-refractivity contribution in [2.24, 2.45) is 0 Å². The topological polar surface area (TPSA) is 49.5 Å². The van der Waals surface area contributed by atoms with E-state index in [0.29, 0.717) is 15.7 Å². The van der Waals surface area contributed by atoms with Gasteiger partial charge in [-0.1, -0.05) is 12.1 Å². The molecule has 0 saturated heterocycles. The Morgan fingerprint density at radius 2 is 2.00 bits per heavy atom. The van der Waals surface area contributed by atoms with Crippen LogP contribution in [-0.4, -0.2) is 35.9 Å². The van der Waals surface area contributed by atoms with E-state index in [-0.39, 0.29) is 19.7 Å². The van der Waals surface area contributed by atoms with E-state index >= 15 is 0 Å². The number of benzene rings is 1. The van der Waals surface area contributed by atoms with E-state index in [9.17, 15) is 13.2 Å². The molecule has 0 aliphatic rings. The Bertz CT molecular complexity index is 398. The fraction of sp³-hybridized carbons (Fsp3) is 0.455. The third kappa shape index (κ3) is 4.83. The minimum atomic E-state index is -4.29. The number of aliphatic hydroxyl groups is 1. The van der Waals surface area contributed by atoms with E-state index < -0.39 is 12.7 Å². The van der Waals surface area contributed by atoms with Gasteiger partial charge in [-0.15, -0.1) is 0 Å². The van der Waals surface area contributed by atoms with Gasteiger partial charge in [-0.2, -0.15) is 13.2 Å². The van der Waals surface area contributed by atoms with Crippen molar-refractivity contribution in [2.75, 3.05) is 25.4 Å². The molecule has 0 aliphatic carbocycles. The molecule has 0 saturated carbocycles. The number of nitrogens with zero attached hydrogens (tertiary/aromatic N) is 1. The lowest BCUT2D eigenvalue weighted by molar-refractivity contribution is -0.148. The van der Waals surface area contributed by atoms with Gasteiger partial charge in [-0.05, 0) is 27.6 Å². The number of nitrogen functional groups attached to an aromatic ring is 1. The molecule has 0 radical (unpaired) electrons. The van der Waals surface area contributed by atoms with Gasteiger partial charge < -0.3 is 10.8 Å². The summed E-state index contributed by atoms with van der Waals surface area (Å²) < 4.78 is 37.6. The predicted octanol–water partition coefficient (Wildman–Crippen LogP) is 2.39. The third-order valence-corrected chi connectivity index (χ3v) is 3.29. The Morgan fingerprint density at radius 3 is 2.56 bits per heavy atom. The van der Waals surface area contributed by atoms with Gasteiger partial charge in [0, 0.05) is 23.2 Å². The molecule has 3 nitrogen and oxygen atoms in total. The van der Waals surface area contributed by atoms with Gasteiger partial charge in [-0.25, -0.2) is 0 Å². The molecule has 1 aromatic carbocycles. The molecule has 0 atom stereocenters. The molecular formula is C11H14BrF3N2O. The number of aliphatic hydroxyl groups excluding tert-OH is 1. The van der Waals surface area contributed by atoms with Crippen molar-refractivity contribution in [1.29, 1.82) is 0 Å². The summed E-state index contributed by atoms with van der Waals surface area (Å²) in [7, 11) is 0. The molecule has 0 aromatic heterocycles. The van der Waals surface area contributed by atoms with Gasteiger partial charge in [0.25, 0.3) is 0 Å². The first-order chi connectivity index (χ1) is 8.33. The zero-order valence-electron chi connectivity index (χ0n) is 9.54. The highest BCUT2D eigenvalue weighted by atomic mass is 79.9. The van der Waals surface area contributed by atoms with Crippen molar-refractivity contribution in [2.45, 2.75) is 12.7 Å². The van der Waals surface area contributed by atoms with E-state index in [1.54, 1.807) is 18.2 Å². The lowest BCUT2D eigenvalue weighted by atomic mass is 10.2. The Balaban J connectivity index is 2.80. The van der Waals surface area contributed by atoms with Crippen LogP contribution in [0.4, 0.5) is 18.9 Å². The number of nitrogens with two attached hydrogens (primary N) is 1. The Morgan fingerprint density at radius 1 is 1.33 bits per heavy atom. The summed E-state index contributed by atoms with van der Waals surface area (Å²) >= 11 is 3.24. The van der Waals surface area contributed by atoms with Gasteiger partial charge in [-0.3, -0.25) is 4.90 Å². The first-order valence-electron chi connectivity index (χ1n) is 5.26. The SMILES string of the molecule is Nc1cccc(CN(CCO)CC(F)(F)F)c1Br. The second-order valence-electron chi connectivity index (χ2n) is 3.87. The standard InChI is InChI=1S/C11H14BrF3N2O/c12-10-8(2-1-3-9(10)16)6-17(4-5-18)7-11(13,14)15/h1-3,18H,4-7,16H2. The summed E-state index contributed by atoms with van der Waals surface area (Å²) in [5.41, 5.74) is 6.80. The van der Waals surface area contributed by atoms with Gasteiger partial charge in [0.05, 0.1) is 13.2 Å². The number of halogens is 4. The van der Waals surface area contributed by atoms with Gasteiger partial charge >= 0.3 is 6.18 Å². The maximum atomic E-state index is 12.4. The largest absolute Gasteiger partial charge is 0.401 e. The normalized spacial score (nSPS) is 12.1. The summed E-state index contributed by atoms with van der Waals surface area (Å²) in [5, 5.41) is 8.79. The van der Waals surface area contributed by atoms with Crippen LogP contribution in [-0.2, 0) is 6.54 Å². The smallest absolute Gasteiger partial charge is 0.398 e. The van der Waals surface area contributed by atoms with Crippen molar-refractivity contribution >= 4 is 21.6 Å². The van der Waals surface area contributed by atoms with E-state index in [4.69, 9.17) is 10.8 Å². The van der Waals surface area contributed by atoms with Crippen molar-refractivity contribution in [3.8, 4) is 0 Å². The zero-order valence-corrected chi connectivity index (χ0v) is 11.1. The molecule has 1 rings (SSSR count). The molecule has 0 heterocycles. The van der Waals surface area contributed by atoms with Gasteiger partial charge in [0.1, 0.15) is 0 Å². The summed E-state index contributed by atoms with van der Waals surface area (Å²) in [6.07, 6.45) is -4.29. The van der Waals surface area contributed by atoms with E-state index in [1.165, 1.54) is 0 Å². The monoisotopic (exact) mass is 326 g/mol. The maximum Gasteiger partial charge on any atom is 0.401 e. The van der Waals surface area contributed by atoms with E-state index in [2.05, 4.69) is 15.9 Å². The fourth-order valence-electron chi connectivity index (χ4n) is 1.57. The average molecular weight is 327 g/mol. The number of hydrogen-bond donors (Lipinski definition) is 2. The molecule has 18 heavy (non-hydrogen) atoms. The summed E-state index contributed by atoms with van der Waals surface area (Å²) in [6.45, 7) is -1.35. The highest BCUT2D eigenvalue weighted by Crippen LogP contribution is 2.26. The first kappa shape index (κ1) is 15.3. The molecule has 0 bridgehead atoms. The van der Waals surface area contributed by atoms with Crippen molar-refractivity contribution in [3.05, 3.63) is 28.2 Å². The first-order valence-corrected chi connectivity index (χ1v) is 6.05. The van der Waals surface area contributed by atoms with Gasteiger partial charge in [0.15, 0.2) is 0 Å². The second kappa shape index (κ2) is 6.40. The molecule has 0 amide bonds. The highest BCUT2D eigenvalue weighted by molar-refractivity contribution is 9.10. The minimum absolute atomic E-state index is 0.0409. The summed E-state index contributed by atoms with van der Waals surface area (Å²) in [6, 6.07) is 5.04. The number of rotatable bonds is 5.